The Morgan fingerprint density at radius 1 is 0.941 bits per heavy atom. The molecule has 0 aliphatic carbocycles. The van der Waals surface area contributed by atoms with E-state index in [1.165, 1.54) is 0 Å². The molecule has 0 unspecified atom stereocenters. The molecule has 2 heteroatoms. The van der Waals surface area contributed by atoms with Gasteiger partial charge in [-0.2, -0.15) is 0 Å². The molecule has 2 nitrogen and oxygen atoms in total. The summed E-state index contributed by atoms with van der Waals surface area (Å²) in [4.78, 5) is 13.9. The standard InChI is InChI=1S/C15H31NO/c1-13(2,3)12(17)16(9)11-10-15(7,8)14(4,5)6/h10-11H2,1-9H3. The number of nitrogens with zero attached hydrogens (tertiary/aromatic N) is 1. The molecule has 0 aliphatic rings. The zero-order valence-electron chi connectivity index (χ0n) is 13.3. The van der Waals surface area contributed by atoms with Gasteiger partial charge in [-0.1, -0.05) is 55.4 Å². The first kappa shape index (κ1) is 16.5. The number of rotatable bonds is 3. The molecular weight excluding hydrogens is 210 g/mol. The van der Waals surface area contributed by atoms with Crippen LogP contribution in [0, 0.1) is 16.2 Å². The van der Waals surface area contributed by atoms with Crippen molar-refractivity contribution in [2.75, 3.05) is 13.6 Å². The van der Waals surface area contributed by atoms with Crippen LogP contribution < -0.4 is 0 Å². The van der Waals surface area contributed by atoms with Gasteiger partial charge in [0, 0.05) is 19.0 Å². The van der Waals surface area contributed by atoms with Crippen LogP contribution in [0.25, 0.3) is 0 Å². The van der Waals surface area contributed by atoms with Gasteiger partial charge in [0.05, 0.1) is 0 Å². The zero-order valence-corrected chi connectivity index (χ0v) is 13.3. The van der Waals surface area contributed by atoms with E-state index in [1.807, 2.05) is 32.7 Å². The van der Waals surface area contributed by atoms with Gasteiger partial charge >= 0.3 is 0 Å². The lowest BCUT2D eigenvalue weighted by Gasteiger charge is -2.40. The molecule has 0 atom stereocenters. The fourth-order valence-corrected chi connectivity index (χ4v) is 1.50. The van der Waals surface area contributed by atoms with E-state index >= 15 is 0 Å². The van der Waals surface area contributed by atoms with Crippen LogP contribution in [0.5, 0.6) is 0 Å². The fraction of sp³-hybridized carbons (Fsp3) is 0.933. The Bertz CT molecular complexity index is 266. The molecule has 0 heterocycles. The summed E-state index contributed by atoms with van der Waals surface area (Å²) in [6, 6.07) is 0. The monoisotopic (exact) mass is 241 g/mol. The Labute approximate surface area is 108 Å². The molecule has 0 aliphatic heterocycles. The fourth-order valence-electron chi connectivity index (χ4n) is 1.50. The number of hydrogen-bond acceptors (Lipinski definition) is 1. The van der Waals surface area contributed by atoms with Gasteiger partial charge in [-0.15, -0.1) is 0 Å². The maximum atomic E-state index is 12.1. The van der Waals surface area contributed by atoms with Crippen LogP contribution in [-0.2, 0) is 4.79 Å². The van der Waals surface area contributed by atoms with Gasteiger partial charge in [0.25, 0.3) is 0 Å². The van der Waals surface area contributed by atoms with Crippen molar-refractivity contribution in [2.45, 2.75) is 61.8 Å². The topological polar surface area (TPSA) is 20.3 Å². The van der Waals surface area contributed by atoms with Crippen LogP contribution in [0.15, 0.2) is 0 Å². The minimum atomic E-state index is -0.277. The zero-order chi connectivity index (χ0) is 14.1. The van der Waals surface area contributed by atoms with Crippen molar-refractivity contribution in [1.29, 1.82) is 0 Å². The summed E-state index contributed by atoms with van der Waals surface area (Å²) in [6.45, 7) is 18.1. The molecule has 0 spiro atoms. The first-order valence-corrected chi connectivity index (χ1v) is 6.54. The van der Waals surface area contributed by atoms with Gasteiger partial charge in [0.15, 0.2) is 0 Å². The Balaban J connectivity index is 4.46. The number of carbonyl (C=O) groups excluding carboxylic acids is 1. The second-order valence-corrected chi connectivity index (χ2v) is 7.86. The van der Waals surface area contributed by atoms with E-state index in [2.05, 4.69) is 34.6 Å². The largest absolute Gasteiger partial charge is 0.345 e. The van der Waals surface area contributed by atoms with Crippen molar-refractivity contribution in [2.24, 2.45) is 16.2 Å². The van der Waals surface area contributed by atoms with Crippen molar-refractivity contribution in [3.8, 4) is 0 Å². The molecule has 1 amide bonds. The van der Waals surface area contributed by atoms with E-state index in [9.17, 15) is 4.79 Å². The van der Waals surface area contributed by atoms with E-state index in [0.29, 0.717) is 0 Å². The lowest BCUT2D eigenvalue weighted by Crippen LogP contribution is -2.40. The van der Waals surface area contributed by atoms with Crippen molar-refractivity contribution < 1.29 is 4.79 Å². The number of carbonyl (C=O) groups is 1. The maximum absolute atomic E-state index is 12.1. The molecule has 0 fully saturated rings. The first-order chi connectivity index (χ1) is 7.29. The molecule has 0 aromatic heterocycles. The Morgan fingerprint density at radius 2 is 1.35 bits per heavy atom. The minimum Gasteiger partial charge on any atom is -0.345 e. The van der Waals surface area contributed by atoms with E-state index in [4.69, 9.17) is 0 Å². The predicted molar refractivity (Wildman–Crippen MR) is 74.9 cm³/mol. The van der Waals surface area contributed by atoms with Crippen LogP contribution in [0.4, 0.5) is 0 Å². The summed E-state index contributed by atoms with van der Waals surface area (Å²) in [5, 5.41) is 0. The molecule has 0 aromatic carbocycles. The third-order valence-electron chi connectivity index (χ3n) is 4.09. The summed E-state index contributed by atoms with van der Waals surface area (Å²) in [6.07, 6.45) is 1.04. The summed E-state index contributed by atoms with van der Waals surface area (Å²) in [7, 11) is 1.91. The minimum absolute atomic E-state index is 0.224. The van der Waals surface area contributed by atoms with Crippen LogP contribution in [0.3, 0.4) is 0 Å². The Morgan fingerprint density at radius 3 is 1.65 bits per heavy atom. The SMILES string of the molecule is CN(CCC(C)(C)C(C)(C)C)C(=O)C(C)(C)C. The molecule has 0 saturated carbocycles. The molecule has 0 rings (SSSR count). The molecule has 0 N–H and O–H groups in total. The Kier molecular flexibility index (Phi) is 4.84. The maximum Gasteiger partial charge on any atom is 0.227 e. The second-order valence-electron chi connectivity index (χ2n) is 7.86. The van der Waals surface area contributed by atoms with E-state index in [0.717, 1.165) is 13.0 Å². The summed E-state index contributed by atoms with van der Waals surface area (Å²) in [5.74, 6) is 0.224. The van der Waals surface area contributed by atoms with Gasteiger partial charge in [-0.05, 0) is 17.3 Å². The second kappa shape index (κ2) is 4.99. The molecule has 17 heavy (non-hydrogen) atoms. The van der Waals surface area contributed by atoms with Gasteiger partial charge < -0.3 is 4.90 Å². The third kappa shape index (κ3) is 4.69. The van der Waals surface area contributed by atoms with Crippen molar-refractivity contribution in [1.82, 2.24) is 4.90 Å². The molecule has 0 bridgehead atoms. The third-order valence-corrected chi connectivity index (χ3v) is 4.09. The normalized spacial score (nSPS) is 13.7. The lowest BCUT2D eigenvalue weighted by molar-refractivity contribution is -0.138. The van der Waals surface area contributed by atoms with Crippen LogP contribution >= 0.6 is 0 Å². The quantitative estimate of drug-likeness (QED) is 0.732. The lowest BCUT2D eigenvalue weighted by atomic mass is 9.67. The van der Waals surface area contributed by atoms with Gasteiger partial charge in [-0.25, -0.2) is 0 Å². The molecule has 0 aromatic rings. The molecule has 102 valence electrons. The number of hydrogen-bond donors (Lipinski definition) is 0. The number of amides is 1. The Hall–Kier alpha value is -0.530. The van der Waals surface area contributed by atoms with E-state index in [-0.39, 0.29) is 22.2 Å². The van der Waals surface area contributed by atoms with E-state index < -0.39 is 0 Å². The van der Waals surface area contributed by atoms with Crippen LogP contribution in [0.2, 0.25) is 0 Å². The predicted octanol–water partition coefficient (Wildman–Crippen LogP) is 3.95. The van der Waals surface area contributed by atoms with E-state index in [1.54, 1.807) is 0 Å². The van der Waals surface area contributed by atoms with Crippen molar-refractivity contribution >= 4 is 5.91 Å². The summed E-state index contributed by atoms with van der Waals surface area (Å²) >= 11 is 0. The molecular formula is C15H31NO. The highest BCUT2D eigenvalue weighted by Crippen LogP contribution is 2.40. The summed E-state index contributed by atoms with van der Waals surface area (Å²) in [5.41, 5.74) is 0.221. The van der Waals surface area contributed by atoms with Gasteiger partial charge in [0.1, 0.15) is 0 Å². The average Bonchev–Trinajstić information content (AvgIpc) is 2.09. The summed E-state index contributed by atoms with van der Waals surface area (Å²) < 4.78 is 0. The van der Waals surface area contributed by atoms with Crippen LogP contribution in [-0.4, -0.2) is 24.4 Å². The highest BCUT2D eigenvalue weighted by atomic mass is 16.2. The van der Waals surface area contributed by atoms with Crippen LogP contribution in [0.1, 0.15) is 61.8 Å². The average molecular weight is 241 g/mol. The van der Waals surface area contributed by atoms with Gasteiger partial charge in [-0.3, -0.25) is 4.79 Å². The molecule has 0 radical (unpaired) electrons. The van der Waals surface area contributed by atoms with Crippen molar-refractivity contribution in [3.63, 3.8) is 0 Å². The molecule has 0 saturated heterocycles. The highest BCUT2D eigenvalue weighted by molar-refractivity contribution is 5.81. The van der Waals surface area contributed by atoms with Crippen molar-refractivity contribution in [3.05, 3.63) is 0 Å². The smallest absolute Gasteiger partial charge is 0.227 e. The van der Waals surface area contributed by atoms with Gasteiger partial charge in [0.2, 0.25) is 5.91 Å². The highest BCUT2D eigenvalue weighted by Gasteiger charge is 2.33. The first-order valence-electron chi connectivity index (χ1n) is 6.54.